The molecule has 4 unspecified atom stereocenters. The van der Waals surface area contributed by atoms with Gasteiger partial charge in [-0.15, -0.1) is 0 Å². The maximum atomic E-state index is 12.7. The third kappa shape index (κ3) is 2.82. The molecule has 1 aromatic carbocycles. The molecule has 8 heteroatoms. The Hall–Kier alpha value is -2.66. The van der Waals surface area contributed by atoms with Gasteiger partial charge in [0.25, 0.3) is 11.8 Å². The molecule has 4 rings (SSSR count). The lowest BCUT2D eigenvalue weighted by molar-refractivity contribution is -0.140. The summed E-state index contributed by atoms with van der Waals surface area (Å²) >= 11 is 3.38. The van der Waals surface area contributed by atoms with Crippen LogP contribution in [0.5, 0.6) is 11.5 Å². The molecule has 2 aliphatic carbocycles. The monoisotopic (exact) mass is 429 g/mol. The van der Waals surface area contributed by atoms with Crippen LogP contribution in [0.15, 0.2) is 33.9 Å². The zero-order chi connectivity index (χ0) is 19.1. The maximum Gasteiger partial charge on any atom is 0.254 e. The number of hydrogen-bond donors (Lipinski definition) is 0. The van der Waals surface area contributed by atoms with Gasteiger partial charge in [-0.2, -0.15) is 15.4 Å². The Morgan fingerprint density at radius 1 is 1.30 bits per heavy atom. The first-order valence-corrected chi connectivity index (χ1v) is 9.32. The molecular formula is C19H16BrN3O4. The highest BCUT2D eigenvalue weighted by molar-refractivity contribution is 9.10. The predicted molar refractivity (Wildman–Crippen MR) is 99.0 cm³/mol. The fourth-order valence-corrected chi connectivity index (χ4v) is 4.67. The van der Waals surface area contributed by atoms with Crippen LogP contribution in [0.3, 0.4) is 0 Å². The fourth-order valence-electron chi connectivity index (χ4n) is 4.22. The molecule has 1 saturated heterocycles. The second kappa shape index (κ2) is 6.82. The van der Waals surface area contributed by atoms with E-state index < -0.39 is 0 Å². The summed E-state index contributed by atoms with van der Waals surface area (Å²) in [7, 11) is 1.49. The van der Waals surface area contributed by atoms with E-state index in [1.54, 1.807) is 12.1 Å². The van der Waals surface area contributed by atoms with Crippen molar-refractivity contribution in [1.82, 2.24) is 5.01 Å². The number of halogens is 1. The van der Waals surface area contributed by atoms with Crippen molar-refractivity contribution in [2.45, 2.75) is 6.42 Å². The lowest BCUT2D eigenvalue weighted by Crippen LogP contribution is -2.28. The summed E-state index contributed by atoms with van der Waals surface area (Å²) in [5, 5.41) is 13.9. The molecule has 7 nitrogen and oxygen atoms in total. The highest BCUT2D eigenvalue weighted by Gasteiger charge is 2.59. The smallest absolute Gasteiger partial charge is 0.254 e. The molecule has 2 amide bonds. The molecule has 0 radical (unpaired) electrons. The van der Waals surface area contributed by atoms with Gasteiger partial charge >= 0.3 is 0 Å². The van der Waals surface area contributed by atoms with Crippen LogP contribution in [0.1, 0.15) is 12.0 Å². The highest BCUT2D eigenvalue weighted by Crippen LogP contribution is 2.52. The van der Waals surface area contributed by atoms with Gasteiger partial charge in [0.2, 0.25) is 0 Å². The third-order valence-corrected chi connectivity index (χ3v) is 5.77. The lowest BCUT2D eigenvalue weighted by Gasteiger charge is -2.13. The van der Waals surface area contributed by atoms with Crippen molar-refractivity contribution in [2.75, 3.05) is 13.7 Å². The van der Waals surface area contributed by atoms with E-state index in [-0.39, 0.29) is 42.1 Å². The number of allylic oxidation sites excluding steroid dienone is 2. The second-order valence-corrected chi connectivity index (χ2v) is 7.62. The van der Waals surface area contributed by atoms with Crippen molar-refractivity contribution >= 4 is 34.0 Å². The molecule has 2 bridgehead atoms. The van der Waals surface area contributed by atoms with Crippen LogP contribution in [0.25, 0.3) is 0 Å². The Kier molecular flexibility index (Phi) is 4.48. The Morgan fingerprint density at radius 3 is 2.56 bits per heavy atom. The minimum Gasteiger partial charge on any atom is -0.493 e. The number of methoxy groups -OCH3 is 1. The molecular weight excluding hydrogens is 414 g/mol. The standard InChI is InChI=1S/C19H16BrN3O4/c1-26-14-8-13(20)7-12(17(14)27-5-4-21)9-22-23-18(24)15-10-2-3-11(6-10)16(15)19(23)25/h2-3,7-11,15-16H,5-6H2,1H3. The molecule has 27 heavy (non-hydrogen) atoms. The van der Waals surface area contributed by atoms with Crippen molar-refractivity contribution in [3.63, 3.8) is 0 Å². The summed E-state index contributed by atoms with van der Waals surface area (Å²) in [5.41, 5.74) is 0.496. The molecule has 0 N–H and O–H groups in total. The number of hydrogen-bond acceptors (Lipinski definition) is 6. The average molecular weight is 430 g/mol. The van der Waals surface area contributed by atoms with Crippen molar-refractivity contribution in [3.8, 4) is 17.6 Å². The quantitative estimate of drug-likeness (QED) is 0.407. The van der Waals surface area contributed by atoms with Crippen LogP contribution in [0, 0.1) is 35.0 Å². The van der Waals surface area contributed by atoms with Gasteiger partial charge < -0.3 is 9.47 Å². The summed E-state index contributed by atoms with van der Waals surface area (Å²) in [5.74, 6) is -0.0771. The predicted octanol–water partition coefficient (Wildman–Crippen LogP) is 2.50. The molecule has 1 aromatic rings. The van der Waals surface area contributed by atoms with E-state index in [9.17, 15) is 9.59 Å². The molecule has 4 atom stereocenters. The number of benzene rings is 1. The zero-order valence-electron chi connectivity index (χ0n) is 14.5. The van der Waals surface area contributed by atoms with Gasteiger partial charge in [-0.1, -0.05) is 28.1 Å². The van der Waals surface area contributed by atoms with E-state index >= 15 is 0 Å². The SMILES string of the molecule is COc1cc(Br)cc(C=NN2C(=O)C3C4C=CC(C4)C3C2=O)c1OCC#N. The molecule has 138 valence electrons. The van der Waals surface area contributed by atoms with Crippen molar-refractivity contribution in [3.05, 3.63) is 34.3 Å². The van der Waals surface area contributed by atoms with Crippen LogP contribution in [0.4, 0.5) is 0 Å². The Balaban J connectivity index is 1.64. The average Bonchev–Trinajstić information content (AvgIpc) is 3.33. The van der Waals surface area contributed by atoms with Crippen molar-refractivity contribution < 1.29 is 19.1 Å². The van der Waals surface area contributed by atoms with Gasteiger partial charge in [-0.05, 0) is 30.4 Å². The number of carbonyl (C=O) groups excluding carboxylic acids is 2. The van der Waals surface area contributed by atoms with Gasteiger partial charge in [0, 0.05) is 10.0 Å². The number of nitriles is 1. The summed E-state index contributed by atoms with van der Waals surface area (Å²) in [6.07, 6.45) is 6.35. The zero-order valence-corrected chi connectivity index (χ0v) is 16.0. The molecule has 0 aromatic heterocycles. The van der Waals surface area contributed by atoms with Crippen LogP contribution < -0.4 is 9.47 Å². The third-order valence-electron chi connectivity index (χ3n) is 5.31. The van der Waals surface area contributed by atoms with E-state index in [0.717, 1.165) is 11.4 Å². The summed E-state index contributed by atoms with van der Waals surface area (Å²) in [6, 6.07) is 5.32. The molecule has 0 spiro atoms. The number of hydrazone groups is 1. The van der Waals surface area contributed by atoms with Gasteiger partial charge in [0.05, 0.1) is 25.2 Å². The Bertz CT molecular complexity index is 890. The summed E-state index contributed by atoms with van der Waals surface area (Å²) < 4.78 is 11.5. The Labute approximate surface area is 164 Å². The van der Waals surface area contributed by atoms with Gasteiger partial charge in [0.1, 0.15) is 6.07 Å². The largest absolute Gasteiger partial charge is 0.493 e. The van der Waals surface area contributed by atoms with Crippen LogP contribution in [-0.2, 0) is 9.59 Å². The summed E-state index contributed by atoms with van der Waals surface area (Å²) in [4.78, 5) is 25.4. The number of imide groups is 1. The van der Waals surface area contributed by atoms with E-state index in [0.29, 0.717) is 21.5 Å². The normalized spacial score (nSPS) is 28.1. The van der Waals surface area contributed by atoms with Gasteiger partial charge in [-0.3, -0.25) is 9.59 Å². The molecule has 1 heterocycles. The van der Waals surface area contributed by atoms with Crippen LogP contribution >= 0.6 is 15.9 Å². The van der Waals surface area contributed by atoms with E-state index in [1.807, 2.05) is 18.2 Å². The maximum absolute atomic E-state index is 12.7. The topological polar surface area (TPSA) is 92.0 Å². The summed E-state index contributed by atoms with van der Waals surface area (Å²) in [6.45, 7) is -0.167. The molecule has 2 fully saturated rings. The number of rotatable bonds is 5. The number of amides is 2. The van der Waals surface area contributed by atoms with Crippen molar-refractivity contribution in [1.29, 1.82) is 5.26 Å². The van der Waals surface area contributed by atoms with Crippen molar-refractivity contribution in [2.24, 2.45) is 28.8 Å². The Morgan fingerprint density at radius 2 is 1.96 bits per heavy atom. The van der Waals surface area contributed by atoms with Gasteiger partial charge in [-0.25, -0.2) is 0 Å². The number of ether oxygens (including phenoxy) is 2. The number of nitrogens with zero attached hydrogens (tertiary/aromatic N) is 3. The highest BCUT2D eigenvalue weighted by atomic mass is 79.9. The van der Waals surface area contributed by atoms with E-state index in [2.05, 4.69) is 21.0 Å². The number of fused-ring (bicyclic) bond motifs is 5. The minimum atomic E-state index is -0.295. The van der Waals surface area contributed by atoms with Crippen LogP contribution in [-0.4, -0.2) is 36.8 Å². The second-order valence-electron chi connectivity index (χ2n) is 6.71. The first kappa shape index (κ1) is 17.7. The first-order valence-electron chi connectivity index (χ1n) is 8.52. The minimum absolute atomic E-state index is 0.136. The fraction of sp³-hybridized carbons (Fsp3) is 0.368. The van der Waals surface area contributed by atoms with E-state index in [1.165, 1.54) is 13.3 Å². The molecule has 3 aliphatic rings. The van der Waals surface area contributed by atoms with Gasteiger partial charge in [0.15, 0.2) is 18.1 Å². The first-order chi connectivity index (χ1) is 13.0. The van der Waals surface area contributed by atoms with Crippen LogP contribution in [0.2, 0.25) is 0 Å². The molecule has 1 saturated carbocycles. The van der Waals surface area contributed by atoms with E-state index in [4.69, 9.17) is 14.7 Å². The molecule has 1 aliphatic heterocycles. The lowest BCUT2D eigenvalue weighted by atomic mass is 9.85. The number of carbonyl (C=O) groups is 2.